The molecular formula is C12H18N4S. The zero-order valence-electron chi connectivity index (χ0n) is 10.4. The molecule has 5 heteroatoms. The van der Waals surface area contributed by atoms with Gasteiger partial charge in [0.05, 0.1) is 17.4 Å². The van der Waals surface area contributed by atoms with E-state index in [1.807, 2.05) is 11.7 Å². The molecule has 0 bridgehead atoms. The van der Waals surface area contributed by atoms with Crippen LogP contribution in [0.1, 0.15) is 34.1 Å². The van der Waals surface area contributed by atoms with Crippen molar-refractivity contribution in [2.24, 2.45) is 12.9 Å². The van der Waals surface area contributed by atoms with Crippen molar-refractivity contribution in [2.75, 3.05) is 0 Å². The Bertz CT molecular complexity index is 500. The van der Waals surface area contributed by atoms with E-state index in [1.54, 1.807) is 11.3 Å². The molecule has 2 aromatic heterocycles. The smallest absolute Gasteiger partial charge is 0.0970 e. The predicted octanol–water partition coefficient (Wildman–Crippen LogP) is 1.91. The molecule has 2 heterocycles. The van der Waals surface area contributed by atoms with E-state index in [4.69, 9.17) is 5.84 Å². The Morgan fingerprint density at radius 2 is 2.29 bits per heavy atom. The highest BCUT2D eigenvalue weighted by atomic mass is 32.1. The van der Waals surface area contributed by atoms with Gasteiger partial charge in [0.25, 0.3) is 0 Å². The zero-order chi connectivity index (χ0) is 12.4. The van der Waals surface area contributed by atoms with Crippen molar-refractivity contribution in [3.63, 3.8) is 0 Å². The number of aromatic nitrogens is 2. The quantitative estimate of drug-likeness (QED) is 0.644. The summed E-state index contributed by atoms with van der Waals surface area (Å²) in [6.45, 7) is 4.20. The molecule has 4 nitrogen and oxygen atoms in total. The van der Waals surface area contributed by atoms with Crippen LogP contribution in [-0.4, -0.2) is 9.78 Å². The fourth-order valence-electron chi connectivity index (χ4n) is 1.91. The van der Waals surface area contributed by atoms with Gasteiger partial charge in [-0.2, -0.15) is 5.10 Å². The molecule has 0 saturated heterocycles. The summed E-state index contributed by atoms with van der Waals surface area (Å²) < 4.78 is 1.90. The first-order valence-electron chi connectivity index (χ1n) is 5.71. The van der Waals surface area contributed by atoms with E-state index in [9.17, 15) is 0 Å². The fraction of sp³-hybridized carbons (Fsp3) is 0.417. The molecule has 0 radical (unpaired) electrons. The molecule has 0 saturated carbocycles. The third-order valence-corrected chi connectivity index (χ3v) is 3.90. The van der Waals surface area contributed by atoms with Gasteiger partial charge in [0.15, 0.2) is 0 Å². The standard InChI is InChI=1S/C12H18N4S/c1-4-9-7-10(16(3)15-9)12(14-13)11-6-5-8(2)17-11/h5-7,12,14H,4,13H2,1-3H3. The summed E-state index contributed by atoms with van der Waals surface area (Å²) in [5.74, 6) is 5.68. The fourth-order valence-corrected chi connectivity index (χ4v) is 2.86. The molecule has 3 N–H and O–H groups in total. The SMILES string of the molecule is CCc1cc(C(NN)c2ccc(C)s2)n(C)n1. The summed E-state index contributed by atoms with van der Waals surface area (Å²) in [5, 5.41) is 4.46. The highest BCUT2D eigenvalue weighted by Gasteiger charge is 2.18. The van der Waals surface area contributed by atoms with Crippen molar-refractivity contribution >= 4 is 11.3 Å². The van der Waals surface area contributed by atoms with Crippen LogP contribution in [0, 0.1) is 6.92 Å². The van der Waals surface area contributed by atoms with Crippen LogP contribution >= 0.6 is 11.3 Å². The summed E-state index contributed by atoms with van der Waals surface area (Å²) in [6.07, 6.45) is 0.939. The normalized spacial score (nSPS) is 12.9. The van der Waals surface area contributed by atoms with Gasteiger partial charge in [-0.15, -0.1) is 11.3 Å². The summed E-state index contributed by atoms with van der Waals surface area (Å²) in [6, 6.07) is 6.36. The molecule has 17 heavy (non-hydrogen) atoms. The Kier molecular flexibility index (Phi) is 3.61. The molecular weight excluding hydrogens is 232 g/mol. The van der Waals surface area contributed by atoms with Crippen LogP contribution in [-0.2, 0) is 13.5 Å². The minimum Gasteiger partial charge on any atom is -0.270 e. The maximum absolute atomic E-state index is 5.68. The molecule has 2 rings (SSSR count). The Morgan fingerprint density at radius 3 is 2.76 bits per heavy atom. The molecule has 2 aromatic rings. The Hall–Kier alpha value is -1.17. The molecule has 0 spiro atoms. The first-order valence-corrected chi connectivity index (χ1v) is 6.52. The molecule has 1 unspecified atom stereocenters. The van der Waals surface area contributed by atoms with Crippen LogP contribution in [0.2, 0.25) is 0 Å². The number of hydrazine groups is 1. The van der Waals surface area contributed by atoms with E-state index >= 15 is 0 Å². The third-order valence-electron chi connectivity index (χ3n) is 2.84. The number of nitrogens with one attached hydrogen (secondary N) is 1. The Labute approximate surface area is 105 Å². The topological polar surface area (TPSA) is 55.9 Å². The highest BCUT2D eigenvalue weighted by Crippen LogP contribution is 2.27. The van der Waals surface area contributed by atoms with Gasteiger partial charge < -0.3 is 0 Å². The minimum atomic E-state index is 0.0199. The van der Waals surface area contributed by atoms with Gasteiger partial charge in [-0.05, 0) is 31.5 Å². The lowest BCUT2D eigenvalue weighted by Crippen LogP contribution is -2.29. The third kappa shape index (κ3) is 2.41. The largest absolute Gasteiger partial charge is 0.270 e. The van der Waals surface area contributed by atoms with Crippen LogP contribution in [0.3, 0.4) is 0 Å². The Morgan fingerprint density at radius 1 is 1.53 bits per heavy atom. The molecule has 0 aliphatic rings. The van der Waals surface area contributed by atoms with E-state index in [-0.39, 0.29) is 6.04 Å². The summed E-state index contributed by atoms with van der Waals surface area (Å²) >= 11 is 1.76. The van der Waals surface area contributed by atoms with Crippen molar-refractivity contribution < 1.29 is 0 Å². The monoisotopic (exact) mass is 250 g/mol. The number of rotatable bonds is 4. The molecule has 0 aliphatic carbocycles. The number of nitrogens with two attached hydrogens (primary N) is 1. The van der Waals surface area contributed by atoms with Gasteiger partial charge in [0, 0.05) is 16.8 Å². The highest BCUT2D eigenvalue weighted by molar-refractivity contribution is 7.12. The van der Waals surface area contributed by atoms with Crippen molar-refractivity contribution in [1.82, 2.24) is 15.2 Å². The van der Waals surface area contributed by atoms with Crippen LogP contribution in [0.5, 0.6) is 0 Å². The Balaban J connectivity index is 2.37. The predicted molar refractivity (Wildman–Crippen MR) is 70.8 cm³/mol. The van der Waals surface area contributed by atoms with Crippen LogP contribution < -0.4 is 11.3 Å². The van der Waals surface area contributed by atoms with Gasteiger partial charge in [-0.1, -0.05) is 6.92 Å². The van der Waals surface area contributed by atoms with E-state index in [2.05, 4.69) is 42.6 Å². The average molecular weight is 250 g/mol. The first kappa shape index (κ1) is 12.3. The molecule has 0 amide bonds. The summed E-state index contributed by atoms with van der Waals surface area (Å²) in [5.41, 5.74) is 5.07. The maximum atomic E-state index is 5.68. The zero-order valence-corrected chi connectivity index (χ0v) is 11.2. The molecule has 0 aliphatic heterocycles. The lowest BCUT2D eigenvalue weighted by atomic mass is 10.1. The summed E-state index contributed by atoms with van der Waals surface area (Å²) in [7, 11) is 1.96. The van der Waals surface area contributed by atoms with E-state index in [0.717, 1.165) is 17.8 Å². The lowest BCUT2D eigenvalue weighted by Gasteiger charge is -2.14. The second-order valence-corrected chi connectivity index (χ2v) is 5.41. The van der Waals surface area contributed by atoms with Crippen molar-refractivity contribution in [2.45, 2.75) is 26.3 Å². The molecule has 0 aromatic carbocycles. The van der Waals surface area contributed by atoms with Gasteiger partial charge in [0.1, 0.15) is 0 Å². The molecule has 92 valence electrons. The van der Waals surface area contributed by atoms with Gasteiger partial charge in [-0.25, -0.2) is 5.43 Å². The van der Waals surface area contributed by atoms with Gasteiger partial charge in [-0.3, -0.25) is 10.5 Å². The average Bonchev–Trinajstić information content (AvgIpc) is 2.88. The van der Waals surface area contributed by atoms with Crippen molar-refractivity contribution in [3.05, 3.63) is 39.3 Å². The van der Waals surface area contributed by atoms with E-state index in [1.165, 1.54) is 9.75 Å². The van der Waals surface area contributed by atoms with Crippen LogP contribution in [0.15, 0.2) is 18.2 Å². The lowest BCUT2D eigenvalue weighted by molar-refractivity contribution is 0.580. The molecule has 0 fully saturated rings. The molecule has 1 atom stereocenters. The number of aryl methyl sites for hydroxylation is 3. The van der Waals surface area contributed by atoms with Gasteiger partial charge in [0.2, 0.25) is 0 Å². The number of hydrogen-bond acceptors (Lipinski definition) is 4. The van der Waals surface area contributed by atoms with E-state index < -0.39 is 0 Å². The maximum Gasteiger partial charge on any atom is 0.0970 e. The second-order valence-electron chi connectivity index (χ2n) is 4.09. The first-order chi connectivity index (χ1) is 8.15. The number of nitrogens with zero attached hydrogens (tertiary/aromatic N) is 2. The summed E-state index contributed by atoms with van der Waals surface area (Å²) in [4.78, 5) is 2.51. The van der Waals surface area contributed by atoms with E-state index in [0.29, 0.717) is 0 Å². The van der Waals surface area contributed by atoms with Crippen molar-refractivity contribution in [3.8, 4) is 0 Å². The van der Waals surface area contributed by atoms with Crippen LogP contribution in [0.25, 0.3) is 0 Å². The van der Waals surface area contributed by atoms with Crippen molar-refractivity contribution in [1.29, 1.82) is 0 Å². The number of thiophene rings is 1. The number of hydrogen-bond donors (Lipinski definition) is 2. The second kappa shape index (κ2) is 5.00. The minimum absolute atomic E-state index is 0.0199. The van der Waals surface area contributed by atoms with Crippen LogP contribution in [0.4, 0.5) is 0 Å². The van der Waals surface area contributed by atoms with Gasteiger partial charge >= 0.3 is 0 Å².